The Kier molecular flexibility index (Phi) is 12.1. The van der Waals surface area contributed by atoms with Gasteiger partial charge in [0.1, 0.15) is 11.9 Å². The molecule has 0 bridgehead atoms. The largest absolute Gasteiger partial charge is 0.369 e. The third-order valence-corrected chi connectivity index (χ3v) is 6.22. The molecule has 10 heteroatoms. The van der Waals surface area contributed by atoms with E-state index in [0.29, 0.717) is 43.3 Å². The Morgan fingerprint density at radius 2 is 1.90 bits per heavy atom. The van der Waals surface area contributed by atoms with Gasteiger partial charge in [0.25, 0.3) is 0 Å². The summed E-state index contributed by atoms with van der Waals surface area (Å²) >= 11 is 0. The molecule has 0 unspecified atom stereocenters. The van der Waals surface area contributed by atoms with Crippen molar-refractivity contribution in [3.05, 3.63) is 60.4 Å². The molecule has 0 radical (unpaired) electrons. The minimum Gasteiger partial charge on any atom is -0.369 e. The monoisotopic (exact) mass is 556 g/mol. The molecule has 3 aromatic rings. The summed E-state index contributed by atoms with van der Waals surface area (Å²) in [6, 6.07) is 9.37. The van der Waals surface area contributed by atoms with Crippen molar-refractivity contribution in [3.63, 3.8) is 0 Å². The number of likely N-dealkylation sites (N-methyl/N-ethyl adjacent to an activating group) is 2. The van der Waals surface area contributed by atoms with Gasteiger partial charge in [-0.05, 0) is 46.0 Å². The van der Waals surface area contributed by atoms with E-state index in [4.69, 9.17) is 0 Å². The first-order valence-electron chi connectivity index (χ1n) is 13.9. The van der Waals surface area contributed by atoms with Crippen molar-refractivity contribution >= 4 is 40.2 Å². The number of fused-ring (bicyclic) bond motifs is 1. The third-order valence-electron chi connectivity index (χ3n) is 6.22. The van der Waals surface area contributed by atoms with Crippen molar-refractivity contribution in [1.29, 1.82) is 0 Å². The molecule has 0 spiro atoms. The number of aromatic nitrogens is 3. The second kappa shape index (κ2) is 15.9. The molecule has 2 aromatic heterocycles. The van der Waals surface area contributed by atoms with Gasteiger partial charge in [-0.2, -0.15) is 4.98 Å². The number of carbonyl (C=O) groups is 2. The summed E-state index contributed by atoms with van der Waals surface area (Å²) in [5.41, 5.74) is 2.44. The van der Waals surface area contributed by atoms with Crippen molar-refractivity contribution in [1.82, 2.24) is 30.1 Å². The van der Waals surface area contributed by atoms with Crippen LogP contribution in [0.25, 0.3) is 10.9 Å². The summed E-state index contributed by atoms with van der Waals surface area (Å²) in [5.74, 6) is 7.04. The van der Waals surface area contributed by atoms with E-state index in [2.05, 4.69) is 49.7 Å². The topological polar surface area (TPSA) is 115 Å². The molecule has 0 aliphatic heterocycles. The molecule has 0 aliphatic rings. The maximum atomic E-state index is 12.5. The lowest BCUT2D eigenvalue weighted by molar-refractivity contribution is -0.135. The molecular formula is C31H40N8O2. The number of hydrogen-bond acceptors (Lipinski definition) is 8. The summed E-state index contributed by atoms with van der Waals surface area (Å²) < 4.78 is 0. The van der Waals surface area contributed by atoms with Crippen LogP contribution in [0.4, 0.5) is 17.5 Å². The second-order valence-corrected chi connectivity index (χ2v) is 9.91. The van der Waals surface area contributed by atoms with E-state index in [9.17, 15) is 9.59 Å². The van der Waals surface area contributed by atoms with Gasteiger partial charge >= 0.3 is 0 Å². The summed E-state index contributed by atoms with van der Waals surface area (Å²) in [7, 11) is 5.48. The number of hydrogen-bond donors (Lipinski definition) is 3. The quantitative estimate of drug-likeness (QED) is 0.165. The molecule has 216 valence electrons. The SMILES string of the molecule is CCCNc1nc(Nc2cnc3ccccc3c2)ncc1C#CCCCNC(=O)[C@H](C)N(C)C(=O)/C=C/CN(C)C. The molecule has 1 atom stereocenters. The Labute approximate surface area is 242 Å². The van der Waals surface area contributed by atoms with Crippen LogP contribution in [0.1, 0.15) is 38.7 Å². The smallest absolute Gasteiger partial charge is 0.246 e. The Balaban J connectivity index is 1.52. The standard InChI is InChI=1S/C31H40N8O2/c1-6-17-32-29-25(21-35-31(37-29)36-26-20-24-13-9-10-15-27(24)34-22-26)14-8-7-11-18-33-30(41)23(2)39(5)28(40)16-12-19-38(3)4/h9-10,12-13,15-16,20-23H,6-7,11,17-19H2,1-5H3,(H,33,41)(H2,32,35,36,37)/b16-12+/t23-/m0/s1. The molecule has 0 saturated heterocycles. The van der Waals surface area contributed by atoms with Crippen LogP contribution in [0, 0.1) is 11.8 Å². The van der Waals surface area contributed by atoms with Gasteiger partial charge in [0.05, 0.1) is 29.2 Å². The number of pyridine rings is 1. The number of anilines is 3. The zero-order chi connectivity index (χ0) is 29.6. The van der Waals surface area contributed by atoms with Crippen LogP contribution in [0.15, 0.2) is 54.9 Å². The normalized spacial score (nSPS) is 11.7. The number of unbranched alkanes of at least 4 members (excludes halogenated alkanes) is 1. The first kappa shape index (κ1) is 31.0. The fourth-order valence-corrected chi connectivity index (χ4v) is 3.72. The highest BCUT2D eigenvalue weighted by molar-refractivity contribution is 5.92. The van der Waals surface area contributed by atoms with E-state index in [0.717, 1.165) is 29.6 Å². The summed E-state index contributed by atoms with van der Waals surface area (Å²) in [6.07, 6.45) is 8.96. The molecule has 0 saturated carbocycles. The Bertz CT molecular complexity index is 1410. The van der Waals surface area contributed by atoms with E-state index < -0.39 is 6.04 Å². The molecule has 2 amide bonds. The number of nitrogens with one attached hydrogen (secondary N) is 3. The number of para-hydroxylation sites is 1. The van der Waals surface area contributed by atoms with Crippen LogP contribution in [-0.2, 0) is 9.59 Å². The fraction of sp³-hybridized carbons (Fsp3) is 0.387. The third kappa shape index (κ3) is 9.89. The van der Waals surface area contributed by atoms with E-state index in [1.165, 1.54) is 11.0 Å². The van der Waals surface area contributed by atoms with Crippen LogP contribution >= 0.6 is 0 Å². The van der Waals surface area contributed by atoms with Gasteiger partial charge < -0.3 is 25.8 Å². The van der Waals surface area contributed by atoms with Gasteiger partial charge in [0.15, 0.2) is 0 Å². The number of benzene rings is 1. The van der Waals surface area contributed by atoms with Crippen molar-refractivity contribution in [2.75, 3.05) is 51.4 Å². The zero-order valence-corrected chi connectivity index (χ0v) is 24.6. The van der Waals surface area contributed by atoms with Crippen molar-refractivity contribution in [3.8, 4) is 11.8 Å². The molecule has 0 aliphatic carbocycles. The average molecular weight is 557 g/mol. The highest BCUT2D eigenvalue weighted by atomic mass is 16.2. The average Bonchev–Trinajstić information content (AvgIpc) is 2.97. The molecule has 3 rings (SSSR count). The van der Waals surface area contributed by atoms with E-state index in [1.807, 2.05) is 49.3 Å². The van der Waals surface area contributed by atoms with Gasteiger partial charge in [-0.1, -0.05) is 43.0 Å². The van der Waals surface area contributed by atoms with Crippen molar-refractivity contribution in [2.24, 2.45) is 0 Å². The Morgan fingerprint density at radius 1 is 1.10 bits per heavy atom. The minimum absolute atomic E-state index is 0.195. The lowest BCUT2D eigenvalue weighted by Gasteiger charge is -2.23. The molecule has 2 heterocycles. The predicted molar refractivity (Wildman–Crippen MR) is 165 cm³/mol. The lowest BCUT2D eigenvalue weighted by Crippen LogP contribution is -2.45. The molecule has 1 aromatic carbocycles. The summed E-state index contributed by atoms with van der Waals surface area (Å²) in [4.78, 5) is 41.7. The van der Waals surface area contributed by atoms with E-state index >= 15 is 0 Å². The molecular weight excluding hydrogens is 516 g/mol. The minimum atomic E-state index is -0.570. The van der Waals surface area contributed by atoms with E-state index in [-0.39, 0.29) is 11.8 Å². The molecule has 0 fully saturated rings. The van der Waals surface area contributed by atoms with Crippen LogP contribution in [0.3, 0.4) is 0 Å². The maximum Gasteiger partial charge on any atom is 0.246 e. The van der Waals surface area contributed by atoms with Crippen LogP contribution in [0.2, 0.25) is 0 Å². The zero-order valence-electron chi connectivity index (χ0n) is 24.6. The van der Waals surface area contributed by atoms with Gasteiger partial charge in [-0.3, -0.25) is 14.6 Å². The second-order valence-electron chi connectivity index (χ2n) is 9.91. The first-order chi connectivity index (χ1) is 19.8. The molecule has 41 heavy (non-hydrogen) atoms. The van der Waals surface area contributed by atoms with Gasteiger partial charge in [0, 0.05) is 44.6 Å². The first-order valence-corrected chi connectivity index (χ1v) is 13.9. The number of amides is 2. The Hall–Kier alpha value is -4.49. The van der Waals surface area contributed by atoms with Crippen LogP contribution in [0.5, 0.6) is 0 Å². The van der Waals surface area contributed by atoms with Crippen LogP contribution < -0.4 is 16.0 Å². The van der Waals surface area contributed by atoms with Gasteiger partial charge in [0.2, 0.25) is 17.8 Å². The summed E-state index contributed by atoms with van der Waals surface area (Å²) in [5, 5.41) is 10.5. The van der Waals surface area contributed by atoms with E-state index in [1.54, 1.807) is 32.4 Å². The van der Waals surface area contributed by atoms with Gasteiger partial charge in [-0.15, -0.1) is 0 Å². The maximum absolute atomic E-state index is 12.5. The van der Waals surface area contributed by atoms with Crippen LogP contribution in [-0.4, -0.2) is 83.4 Å². The lowest BCUT2D eigenvalue weighted by atomic mass is 10.2. The van der Waals surface area contributed by atoms with Crippen molar-refractivity contribution < 1.29 is 9.59 Å². The highest BCUT2D eigenvalue weighted by Gasteiger charge is 2.20. The number of nitrogens with zero attached hydrogens (tertiary/aromatic N) is 5. The fourth-order valence-electron chi connectivity index (χ4n) is 3.72. The molecule has 10 nitrogen and oxygen atoms in total. The number of carbonyl (C=O) groups excluding carboxylic acids is 2. The number of rotatable bonds is 13. The van der Waals surface area contributed by atoms with Gasteiger partial charge in [-0.25, -0.2) is 4.98 Å². The summed E-state index contributed by atoms with van der Waals surface area (Å²) in [6.45, 7) is 5.69. The van der Waals surface area contributed by atoms with Crippen molar-refractivity contribution in [2.45, 2.75) is 39.2 Å². The molecule has 3 N–H and O–H groups in total. The highest BCUT2D eigenvalue weighted by Crippen LogP contribution is 2.20. The Morgan fingerprint density at radius 3 is 2.68 bits per heavy atom. The predicted octanol–water partition coefficient (Wildman–Crippen LogP) is 3.80.